The minimum Gasteiger partial charge on any atom is -0.455 e. The Morgan fingerprint density at radius 2 is 1.02 bits per heavy atom. The Kier molecular flexibility index (Phi) is 7.85. The van der Waals surface area contributed by atoms with Gasteiger partial charge in [0.1, 0.15) is 23.2 Å². The SMILES string of the molecule is c1ccc(C2=NC(c3ccc(-c4cc(-c5ccccc5)ccc4-c4ccccc4)c4oc5ccccc5c34)=NC(c3cc4ccccc4c4ccccc34)N2)cc1. The third-order valence-corrected chi connectivity index (χ3v) is 11.2. The van der Waals surface area contributed by atoms with Crippen LogP contribution in [-0.4, -0.2) is 11.7 Å². The van der Waals surface area contributed by atoms with Crippen molar-refractivity contribution in [3.63, 3.8) is 0 Å². The van der Waals surface area contributed by atoms with Gasteiger partial charge >= 0.3 is 0 Å². The first-order chi connectivity index (χ1) is 28.3. The molecule has 1 unspecified atom stereocenters. The summed E-state index contributed by atoms with van der Waals surface area (Å²) in [5.74, 6) is 1.43. The molecule has 57 heavy (non-hydrogen) atoms. The van der Waals surface area contributed by atoms with Gasteiger partial charge in [0.2, 0.25) is 0 Å². The second kappa shape index (κ2) is 13.6. The molecule has 4 heteroatoms. The van der Waals surface area contributed by atoms with Crippen LogP contribution in [0.4, 0.5) is 0 Å². The Balaban J connectivity index is 1.17. The number of hydrogen-bond donors (Lipinski definition) is 1. The lowest BCUT2D eigenvalue weighted by atomic mass is 9.89. The molecule has 1 aliphatic rings. The smallest absolute Gasteiger partial charge is 0.160 e. The first-order valence-electron chi connectivity index (χ1n) is 19.4. The van der Waals surface area contributed by atoms with Crippen LogP contribution in [0.2, 0.25) is 0 Å². The molecule has 1 aliphatic heterocycles. The summed E-state index contributed by atoms with van der Waals surface area (Å²) in [6.07, 6.45) is -0.401. The van der Waals surface area contributed by atoms with E-state index in [1.807, 2.05) is 18.2 Å². The average Bonchev–Trinajstić information content (AvgIpc) is 3.69. The molecule has 10 aromatic rings. The van der Waals surface area contributed by atoms with Crippen LogP contribution in [-0.2, 0) is 0 Å². The highest BCUT2D eigenvalue weighted by molar-refractivity contribution is 6.24. The number of fused-ring (bicyclic) bond motifs is 6. The summed E-state index contributed by atoms with van der Waals surface area (Å²) in [7, 11) is 0. The largest absolute Gasteiger partial charge is 0.455 e. The molecule has 11 rings (SSSR count). The fraction of sp³-hybridized carbons (Fsp3) is 0.0189. The van der Waals surface area contributed by atoms with Gasteiger partial charge in [0, 0.05) is 33.0 Å². The third-order valence-electron chi connectivity index (χ3n) is 11.2. The van der Waals surface area contributed by atoms with Crippen molar-refractivity contribution in [2.45, 2.75) is 6.17 Å². The summed E-state index contributed by atoms with van der Waals surface area (Å²) in [5, 5.41) is 10.5. The highest BCUT2D eigenvalue weighted by Crippen LogP contribution is 2.44. The van der Waals surface area contributed by atoms with E-state index in [9.17, 15) is 0 Å². The van der Waals surface area contributed by atoms with Gasteiger partial charge in [-0.15, -0.1) is 0 Å². The van der Waals surface area contributed by atoms with Gasteiger partial charge in [-0.1, -0.05) is 170 Å². The number of amidine groups is 2. The van der Waals surface area contributed by atoms with Crippen LogP contribution in [0.25, 0.3) is 76.9 Å². The van der Waals surface area contributed by atoms with Crippen molar-refractivity contribution in [1.82, 2.24) is 5.32 Å². The van der Waals surface area contributed by atoms with Crippen molar-refractivity contribution in [2.75, 3.05) is 0 Å². The zero-order valence-electron chi connectivity index (χ0n) is 30.9. The summed E-state index contributed by atoms with van der Waals surface area (Å²) in [5.41, 5.74) is 11.3. The molecule has 0 saturated heterocycles. The van der Waals surface area contributed by atoms with Crippen molar-refractivity contribution in [3.05, 3.63) is 217 Å². The van der Waals surface area contributed by atoms with Crippen LogP contribution in [0.1, 0.15) is 22.9 Å². The van der Waals surface area contributed by atoms with Crippen LogP contribution in [0.5, 0.6) is 0 Å². The molecule has 268 valence electrons. The van der Waals surface area contributed by atoms with Crippen molar-refractivity contribution < 1.29 is 4.42 Å². The summed E-state index contributed by atoms with van der Waals surface area (Å²) in [6.45, 7) is 0. The van der Waals surface area contributed by atoms with Crippen LogP contribution in [0.3, 0.4) is 0 Å². The molecular formula is C53H35N3O. The fourth-order valence-corrected chi connectivity index (χ4v) is 8.45. The lowest BCUT2D eigenvalue weighted by Crippen LogP contribution is -2.33. The fourth-order valence-electron chi connectivity index (χ4n) is 8.45. The Morgan fingerprint density at radius 1 is 0.421 bits per heavy atom. The van der Waals surface area contributed by atoms with Gasteiger partial charge in [-0.2, -0.15) is 0 Å². The van der Waals surface area contributed by atoms with Crippen LogP contribution >= 0.6 is 0 Å². The lowest BCUT2D eigenvalue weighted by Gasteiger charge is -2.25. The molecule has 2 heterocycles. The summed E-state index contributed by atoms with van der Waals surface area (Å²) >= 11 is 0. The van der Waals surface area contributed by atoms with Crippen molar-refractivity contribution in [3.8, 4) is 33.4 Å². The first-order valence-corrected chi connectivity index (χ1v) is 19.4. The molecule has 0 bridgehead atoms. The molecule has 0 saturated carbocycles. The standard InChI is InChI=1S/C53H35N3O/c1-4-16-34(17-5-1)37-28-29-40(35-18-6-2-7-19-35)46(32-37)43-30-31-45(49-44-26-14-15-27-48(44)57-50(43)49)52-54-51(36-20-8-3-9-21-36)55-53(56-52)47-33-38-22-10-11-23-39(38)41-24-12-13-25-42(41)47/h1-33,53H,(H,54,55,56). The highest BCUT2D eigenvalue weighted by Gasteiger charge is 2.27. The van der Waals surface area contributed by atoms with E-state index in [2.05, 4.69) is 187 Å². The topological polar surface area (TPSA) is 49.9 Å². The molecule has 4 nitrogen and oxygen atoms in total. The second-order valence-corrected chi connectivity index (χ2v) is 14.5. The number of rotatable bonds is 6. The Bertz CT molecular complexity index is 3200. The van der Waals surface area contributed by atoms with Gasteiger partial charge < -0.3 is 9.73 Å². The number of benzene rings is 9. The molecule has 1 atom stereocenters. The number of nitrogens with one attached hydrogen (secondary N) is 1. The molecule has 9 aromatic carbocycles. The van der Waals surface area contributed by atoms with E-state index in [0.717, 1.165) is 83.2 Å². The van der Waals surface area contributed by atoms with E-state index in [1.54, 1.807) is 0 Å². The van der Waals surface area contributed by atoms with Gasteiger partial charge in [-0.25, -0.2) is 9.98 Å². The van der Waals surface area contributed by atoms with E-state index in [1.165, 1.54) is 16.2 Å². The normalized spacial score (nSPS) is 14.1. The molecule has 0 aliphatic carbocycles. The average molecular weight is 730 g/mol. The molecule has 1 N–H and O–H groups in total. The summed E-state index contributed by atoms with van der Waals surface area (Å²) < 4.78 is 6.92. The van der Waals surface area contributed by atoms with E-state index >= 15 is 0 Å². The maximum atomic E-state index is 6.92. The van der Waals surface area contributed by atoms with Crippen molar-refractivity contribution >= 4 is 55.2 Å². The monoisotopic (exact) mass is 729 g/mol. The summed E-state index contributed by atoms with van der Waals surface area (Å²) in [6, 6.07) is 70.4. The predicted molar refractivity (Wildman–Crippen MR) is 237 cm³/mol. The van der Waals surface area contributed by atoms with Gasteiger partial charge in [0.25, 0.3) is 0 Å². The quantitative estimate of drug-likeness (QED) is 0.173. The van der Waals surface area contributed by atoms with Crippen LogP contribution in [0, 0.1) is 0 Å². The van der Waals surface area contributed by atoms with Gasteiger partial charge in [0.05, 0.1) is 0 Å². The minimum atomic E-state index is -0.401. The molecule has 0 fully saturated rings. The van der Waals surface area contributed by atoms with Gasteiger partial charge in [-0.3, -0.25) is 0 Å². The zero-order chi connectivity index (χ0) is 37.7. The van der Waals surface area contributed by atoms with Gasteiger partial charge in [0.15, 0.2) is 5.84 Å². The molecule has 1 aromatic heterocycles. The number of hydrogen-bond acceptors (Lipinski definition) is 4. The zero-order valence-corrected chi connectivity index (χ0v) is 30.9. The maximum absolute atomic E-state index is 6.92. The van der Waals surface area contributed by atoms with E-state index in [-0.39, 0.29) is 0 Å². The first kappa shape index (κ1) is 32.8. The van der Waals surface area contributed by atoms with E-state index in [4.69, 9.17) is 14.4 Å². The van der Waals surface area contributed by atoms with Gasteiger partial charge in [-0.05, 0) is 79.7 Å². The maximum Gasteiger partial charge on any atom is 0.160 e. The van der Waals surface area contributed by atoms with E-state index in [0.29, 0.717) is 5.84 Å². The number of furan rings is 1. The lowest BCUT2D eigenvalue weighted by molar-refractivity contribution is 0.669. The minimum absolute atomic E-state index is 0.401. The van der Waals surface area contributed by atoms with Crippen LogP contribution < -0.4 is 5.32 Å². The van der Waals surface area contributed by atoms with Crippen LogP contribution in [0.15, 0.2) is 215 Å². The molecule has 0 radical (unpaired) electrons. The predicted octanol–water partition coefficient (Wildman–Crippen LogP) is 13.4. The number of nitrogens with zero attached hydrogens (tertiary/aromatic N) is 2. The Hall–Kier alpha value is -7.56. The Labute approximate surface area is 330 Å². The summed E-state index contributed by atoms with van der Waals surface area (Å²) in [4.78, 5) is 10.8. The highest BCUT2D eigenvalue weighted by atomic mass is 16.3. The van der Waals surface area contributed by atoms with Crippen molar-refractivity contribution in [2.24, 2.45) is 9.98 Å². The molecule has 0 spiro atoms. The van der Waals surface area contributed by atoms with E-state index < -0.39 is 6.17 Å². The van der Waals surface area contributed by atoms with Crippen molar-refractivity contribution in [1.29, 1.82) is 0 Å². The second-order valence-electron chi connectivity index (χ2n) is 14.5. The number of aliphatic imine (C=N–C) groups is 2. The number of para-hydroxylation sites is 1. The molecule has 0 amide bonds. The third kappa shape index (κ3) is 5.70. The molecular weight excluding hydrogens is 695 g/mol. The Morgan fingerprint density at radius 3 is 1.79 bits per heavy atom.